The fraction of sp³-hybridized carbons (Fsp3) is 0.0769. The lowest BCUT2D eigenvalue weighted by Gasteiger charge is -2.11. The van der Waals surface area contributed by atoms with Crippen molar-refractivity contribution in [2.45, 2.75) is 4.90 Å². The van der Waals surface area contributed by atoms with E-state index in [1.54, 1.807) is 18.2 Å². The lowest BCUT2D eigenvalue weighted by atomic mass is 10.3. The molecule has 0 saturated carbocycles. The van der Waals surface area contributed by atoms with Gasteiger partial charge in [-0.2, -0.15) is 0 Å². The zero-order chi connectivity index (χ0) is 15.0. The molecule has 0 spiro atoms. The second-order valence-electron chi connectivity index (χ2n) is 4.33. The van der Waals surface area contributed by atoms with Crippen LogP contribution >= 0.6 is 11.6 Å². The van der Waals surface area contributed by atoms with Crippen molar-refractivity contribution in [1.29, 1.82) is 0 Å². The van der Waals surface area contributed by atoms with Crippen molar-refractivity contribution >= 4 is 33.0 Å². The molecule has 0 saturated heterocycles. The Labute approximate surface area is 126 Å². The third-order valence-electron chi connectivity index (χ3n) is 2.89. The summed E-state index contributed by atoms with van der Waals surface area (Å²) >= 11 is 5.93. The van der Waals surface area contributed by atoms with E-state index in [9.17, 15) is 8.42 Å². The highest BCUT2D eigenvalue weighted by Crippen LogP contribution is 2.35. The van der Waals surface area contributed by atoms with Gasteiger partial charge in [-0.15, -0.1) is 0 Å². The average molecular weight is 327 g/mol. The van der Waals surface area contributed by atoms with Crippen molar-refractivity contribution in [3.63, 3.8) is 0 Å². The number of nitrogens with two attached hydrogens (primary N) is 1. The van der Waals surface area contributed by atoms with Crippen LogP contribution in [0.5, 0.6) is 11.5 Å². The van der Waals surface area contributed by atoms with Crippen LogP contribution in [-0.4, -0.2) is 15.2 Å². The topological polar surface area (TPSA) is 90.7 Å². The predicted octanol–water partition coefficient (Wildman–Crippen LogP) is 2.45. The molecule has 1 aliphatic rings. The number of halogens is 1. The molecule has 0 radical (unpaired) electrons. The highest BCUT2D eigenvalue weighted by Gasteiger charge is 2.22. The summed E-state index contributed by atoms with van der Waals surface area (Å²) in [5.41, 5.74) is 6.11. The second-order valence-corrected chi connectivity index (χ2v) is 6.36. The van der Waals surface area contributed by atoms with Crippen LogP contribution in [0.15, 0.2) is 41.3 Å². The van der Waals surface area contributed by atoms with Crippen LogP contribution in [-0.2, 0) is 10.0 Å². The zero-order valence-corrected chi connectivity index (χ0v) is 12.2. The summed E-state index contributed by atoms with van der Waals surface area (Å²) in [7, 11) is -3.90. The van der Waals surface area contributed by atoms with Crippen molar-refractivity contribution in [2.24, 2.45) is 0 Å². The summed E-state index contributed by atoms with van der Waals surface area (Å²) < 4.78 is 37.6. The van der Waals surface area contributed by atoms with Crippen LogP contribution in [0.2, 0.25) is 5.02 Å². The summed E-state index contributed by atoms with van der Waals surface area (Å²) in [5.74, 6) is 1.04. The largest absolute Gasteiger partial charge is 0.454 e. The summed E-state index contributed by atoms with van der Waals surface area (Å²) in [4.78, 5) is -0.149. The van der Waals surface area contributed by atoms with Crippen LogP contribution in [0.25, 0.3) is 0 Å². The molecular weight excluding hydrogens is 316 g/mol. The first-order valence-electron chi connectivity index (χ1n) is 5.94. The molecule has 110 valence electrons. The van der Waals surface area contributed by atoms with Gasteiger partial charge >= 0.3 is 0 Å². The smallest absolute Gasteiger partial charge is 0.265 e. The molecule has 2 aromatic carbocycles. The predicted molar refractivity (Wildman–Crippen MR) is 79.2 cm³/mol. The maximum absolute atomic E-state index is 12.4. The fourth-order valence-corrected chi connectivity index (χ4v) is 3.70. The van der Waals surface area contributed by atoms with Crippen LogP contribution in [0.4, 0.5) is 11.4 Å². The monoisotopic (exact) mass is 326 g/mol. The molecule has 1 heterocycles. The summed E-state index contributed by atoms with van der Waals surface area (Å²) in [5, 5.41) is 0.0586. The number of fused-ring (bicyclic) bond motifs is 1. The quantitative estimate of drug-likeness (QED) is 0.845. The van der Waals surface area contributed by atoms with E-state index in [2.05, 4.69) is 4.72 Å². The van der Waals surface area contributed by atoms with Crippen molar-refractivity contribution in [3.05, 3.63) is 41.4 Å². The van der Waals surface area contributed by atoms with Gasteiger partial charge in [-0.05, 0) is 24.3 Å². The van der Waals surface area contributed by atoms with Gasteiger partial charge < -0.3 is 15.2 Å². The molecule has 21 heavy (non-hydrogen) atoms. The normalized spacial score (nSPS) is 13.2. The lowest BCUT2D eigenvalue weighted by Crippen LogP contribution is -2.15. The van der Waals surface area contributed by atoms with E-state index < -0.39 is 10.0 Å². The van der Waals surface area contributed by atoms with Crippen LogP contribution in [0.3, 0.4) is 0 Å². The first-order chi connectivity index (χ1) is 9.97. The van der Waals surface area contributed by atoms with Crippen molar-refractivity contribution in [3.8, 4) is 11.5 Å². The van der Waals surface area contributed by atoms with Gasteiger partial charge in [0.05, 0.1) is 16.4 Å². The number of benzene rings is 2. The number of hydrogen-bond acceptors (Lipinski definition) is 5. The minimum absolute atomic E-state index is 0.0586. The van der Waals surface area contributed by atoms with Crippen molar-refractivity contribution < 1.29 is 17.9 Å². The minimum Gasteiger partial charge on any atom is -0.454 e. The standard InChI is InChI=1S/C13H11ClN2O4S/c14-9-2-1-3-10(15)13(9)21(17,18)16-8-4-5-11-12(6-8)20-7-19-11/h1-6,16H,7,15H2. The van der Waals surface area contributed by atoms with E-state index in [0.29, 0.717) is 17.2 Å². The third-order valence-corrected chi connectivity index (χ3v) is 4.82. The number of anilines is 2. The third kappa shape index (κ3) is 2.57. The van der Waals surface area contributed by atoms with Gasteiger partial charge in [0.2, 0.25) is 6.79 Å². The molecule has 0 fully saturated rings. The number of rotatable bonds is 3. The minimum atomic E-state index is -3.90. The number of sulfonamides is 1. The van der Waals surface area contributed by atoms with Crippen molar-refractivity contribution in [1.82, 2.24) is 0 Å². The molecule has 3 N–H and O–H groups in total. The highest BCUT2D eigenvalue weighted by molar-refractivity contribution is 7.93. The van der Waals surface area contributed by atoms with Gasteiger partial charge in [-0.25, -0.2) is 8.42 Å². The average Bonchev–Trinajstić information content (AvgIpc) is 2.85. The van der Waals surface area contributed by atoms with Gasteiger partial charge in [0.15, 0.2) is 11.5 Å². The number of hydrogen-bond donors (Lipinski definition) is 2. The molecule has 0 atom stereocenters. The summed E-state index contributed by atoms with van der Waals surface area (Å²) in [6, 6.07) is 9.24. The summed E-state index contributed by atoms with van der Waals surface area (Å²) in [6.07, 6.45) is 0. The molecule has 3 rings (SSSR count). The molecule has 0 aromatic heterocycles. The van der Waals surface area contributed by atoms with Crippen LogP contribution in [0.1, 0.15) is 0 Å². The van der Waals surface area contributed by atoms with Crippen molar-refractivity contribution in [2.75, 3.05) is 17.2 Å². The SMILES string of the molecule is Nc1cccc(Cl)c1S(=O)(=O)Nc1ccc2c(c1)OCO2. The Bertz CT molecular complexity index is 788. The second kappa shape index (κ2) is 5.01. The van der Waals surface area contributed by atoms with Gasteiger partial charge in [-0.3, -0.25) is 4.72 Å². The summed E-state index contributed by atoms with van der Waals surface area (Å²) in [6.45, 7) is 0.114. The van der Waals surface area contributed by atoms with E-state index in [1.165, 1.54) is 18.2 Å². The van der Waals surface area contributed by atoms with E-state index >= 15 is 0 Å². The molecule has 6 nitrogen and oxygen atoms in total. The lowest BCUT2D eigenvalue weighted by molar-refractivity contribution is 0.174. The molecule has 2 aromatic rings. The highest BCUT2D eigenvalue weighted by atomic mass is 35.5. The van der Waals surface area contributed by atoms with E-state index in [4.69, 9.17) is 26.8 Å². The Morgan fingerprint density at radius 3 is 2.67 bits per heavy atom. The Morgan fingerprint density at radius 2 is 1.90 bits per heavy atom. The maximum atomic E-state index is 12.4. The Kier molecular flexibility index (Phi) is 3.30. The van der Waals surface area contributed by atoms with Gasteiger partial charge in [0, 0.05) is 6.07 Å². The maximum Gasteiger partial charge on any atom is 0.265 e. The number of nitrogens with one attached hydrogen (secondary N) is 1. The van der Waals surface area contributed by atoms with Crippen LogP contribution < -0.4 is 19.9 Å². The first kappa shape index (κ1) is 13.8. The first-order valence-corrected chi connectivity index (χ1v) is 7.80. The molecule has 0 unspecified atom stereocenters. The van der Waals surface area contributed by atoms with Gasteiger partial charge in [0.1, 0.15) is 4.90 Å². The number of ether oxygens (including phenoxy) is 2. The van der Waals surface area contributed by atoms with Gasteiger partial charge in [-0.1, -0.05) is 17.7 Å². The Hall–Kier alpha value is -2.12. The number of nitrogen functional groups attached to an aromatic ring is 1. The van der Waals surface area contributed by atoms with E-state index in [1.807, 2.05) is 0 Å². The van der Waals surface area contributed by atoms with E-state index in [-0.39, 0.29) is 22.4 Å². The van der Waals surface area contributed by atoms with Gasteiger partial charge in [0.25, 0.3) is 10.0 Å². The fourth-order valence-electron chi connectivity index (χ4n) is 1.98. The zero-order valence-electron chi connectivity index (χ0n) is 10.7. The Morgan fingerprint density at radius 1 is 1.14 bits per heavy atom. The van der Waals surface area contributed by atoms with E-state index in [0.717, 1.165) is 0 Å². The van der Waals surface area contributed by atoms with Crippen LogP contribution in [0, 0.1) is 0 Å². The molecule has 0 amide bonds. The molecule has 0 aliphatic carbocycles. The molecule has 8 heteroatoms. The molecule has 0 bridgehead atoms. The molecular formula is C13H11ClN2O4S. The Balaban J connectivity index is 1.97. The molecule has 1 aliphatic heterocycles.